The van der Waals surface area contributed by atoms with Crippen LogP contribution in [-0.4, -0.2) is 12.7 Å². The van der Waals surface area contributed by atoms with E-state index in [0.29, 0.717) is 22.9 Å². The Morgan fingerprint density at radius 1 is 1.30 bits per heavy atom. The largest absolute Gasteiger partial charge is 0.467 e. The van der Waals surface area contributed by atoms with Crippen LogP contribution in [0.5, 0.6) is 11.5 Å². The standard InChI is InChI=1S/C16H13N3O4/c17-7-11(16(20)19-9-13-2-1-5-21-13)8-18-12-3-4-14-15(6-12)23-10-22-14/h1-6,8,18H,9-10H2,(H,19,20)/b11-8-. The molecule has 0 saturated heterocycles. The summed E-state index contributed by atoms with van der Waals surface area (Å²) in [7, 11) is 0. The number of nitrogens with zero attached hydrogens (tertiary/aromatic N) is 1. The predicted molar refractivity (Wildman–Crippen MR) is 80.4 cm³/mol. The molecule has 0 saturated carbocycles. The number of ether oxygens (including phenoxy) is 2. The van der Waals surface area contributed by atoms with E-state index in [9.17, 15) is 4.79 Å². The molecule has 0 fully saturated rings. The van der Waals surface area contributed by atoms with Crippen molar-refractivity contribution in [1.82, 2.24) is 5.32 Å². The van der Waals surface area contributed by atoms with Crippen LogP contribution in [0.15, 0.2) is 52.8 Å². The second kappa shape index (κ2) is 6.58. The molecule has 2 N–H and O–H groups in total. The molecule has 3 rings (SSSR count). The maximum atomic E-state index is 11.9. The molecule has 0 atom stereocenters. The van der Waals surface area contributed by atoms with Gasteiger partial charge in [-0.2, -0.15) is 5.26 Å². The minimum Gasteiger partial charge on any atom is -0.467 e. The lowest BCUT2D eigenvalue weighted by Crippen LogP contribution is -2.24. The second-order valence-corrected chi connectivity index (χ2v) is 4.64. The highest BCUT2D eigenvalue weighted by Gasteiger charge is 2.13. The first kappa shape index (κ1) is 14.5. The van der Waals surface area contributed by atoms with E-state index >= 15 is 0 Å². The van der Waals surface area contributed by atoms with E-state index in [1.54, 1.807) is 30.3 Å². The fourth-order valence-electron chi connectivity index (χ4n) is 1.97. The lowest BCUT2D eigenvalue weighted by atomic mass is 10.2. The Morgan fingerprint density at radius 2 is 2.17 bits per heavy atom. The molecular formula is C16H13N3O4. The maximum Gasteiger partial charge on any atom is 0.263 e. The van der Waals surface area contributed by atoms with Crippen LogP contribution in [0.4, 0.5) is 5.69 Å². The summed E-state index contributed by atoms with van der Waals surface area (Å²) in [4.78, 5) is 11.9. The smallest absolute Gasteiger partial charge is 0.263 e. The van der Waals surface area contributed by atoms with Gasteiger partial charge in [0.2, 0.25) is 6.79 Å². The van der Waals surface area contributed by atoms with Crippen molar-refractivity contribution < 1.29 is 18.7 Å². The number of amides is 1. The van der Waals surface area contributed by atoms with Gasteiger partial charge in [0, 0.05) is 18.0 Å². The van der Waals surface area contributed by atoms with Crippen LogP contribution in [0.3, 0.4) is 0 Å². The van der Waals surface area contributed by atoms with Crippen LogP contribution in [0, 0.1) is 11.3 Å². The highest BCUT2D eigenvalue weighted by molar-refractivity contribution is 5.97. The van der Waals surface area contributed by atoms with Crippen LogP contribution in [0.2, 0.25) is 0 Å². The molecular weight excluding hydrogens is 298 g/mol. The normalized spacial score (nSPS) is 12.6. The molecule has 1 aliphatic heterocycles. The number of hydrogen-bond acceptors (Lipinski definition) is 6. The number of anilines is 1. The molecule has 0 radical (unpaired) electrons. The minimum absolute atomic E-state index is 0.0470. The van der Waals surface area contributed by atoms with E-state index in [-0.39, 0.29) is 18.9 Å². The summed E-state index contributed by atoms with van der Waals surface area (Å²) < 4.78 is 15.6. The van der Waals surface area contributed by atoms with Gasteiger partial charge in [-0.1, -0.05) is 0 Å². The molecule has 1 aliphatic rings. The molecule has 7 heteroatoms. The number of rotatable bonds is 5. The Morgan fingerprint density at radius 3 is 2.96 bits per heavy atom. The number of hydrogen-bond donors (Lipinski definition) is 2. The molecule has 1 aromatic carbocycles. The summed E-state index contributed by atoms with van der Waals surface area (Å²) >= 11 is 0. The van der Waals surface area contributed by atoms with Gasteiger partial charge in [-0.25, -0.2) is 0 Å². The highest BCUT2D eigenvalue weighted by Crippen LogP contribution is 2.34. The summed E-state index contributed by atoms with van der Waals surface area (Å²) in [6.07, 6.45) is 2.86. The first-order valence-electron chi connectivity index (χ1n) is 6.83. The fourth-order valence-corrected chi connectivity index (χ4v) is 1.97. The number of nitrogens with one attached hydrogen (secondary N) is 2. The van der Waals surface area contributed by atoms with E-state index in [1.807, 2.05) is 6.07 Å². The van der Waals surface area contributed by atoms with Crippen molar-refractivity contribution in [3.8, 4) is 17.6 Å². The number of furan rings is 1. The molecule has 116 valence electrons. The van der Waals surface area contributed by atoms with E-state index in [0.717, 1.165) is 0 Å². The van der Waals surface area contributed by atoms with Gasteiger partial charge in [-0.3, -0.25) is 4.79 Å². The van der Waals surface area contributed by atoms with Gasteiger partial charge in [0.25, 0.3) is 5.91 Å². The fraction of sp³-hybridized carbons (Fsp3) is 0.125. The lowest BCUT2D eigenvalue weighted by molar-refractivity contribution is -0.117. The van der Waals surface area contributed by atoms with Crippen LogP contribution < -0.4 is 20.1 Å². The first-order valence-corrected chi connectivity index (χ1v) is 6.83. The van der Waals surface area contributed by atoms with Crippen molar-refractivity contribution in [2.75, 3.05) is 12.1 Å². The van der Waals surface area contributed by atoms with Gasteiger partial charge in [-0.05, 0) is 24.3 Å². The number of fused-ring (bicyclic) bond motifs is 1. The Hall–Kier alpha value is -3.40. The SMILES string of the molecule is N#C/C(=C/Nc1ccc2c(c1)OCO2)C(=O)NCc1ccco1. The molecule has 1 amide bonds. The highest BCUT2D eigenvalue weighted by atomic mass is 16.7. The Balaban J connectivity index is 1.62. The van der Waals surface area contributed by atoms with Crippen LogP contribution >= 0.6 is 0 Å². The Bertz CT molecular complexity index is 775. The third-order valence-electron chi connectivity index (χ3n) is 3.12. The van der Waals surface area contributed by atoms with Crippen molar-refractivity contribution in [2.24, 2.45) is 0 Å². The van der Waals surface area contributed by atoms with Gasteiger partial charge in [-0.15, -0.1) is 0 Å². The van der Waals surface area contributed by atoms with E-state index in [4.69, 9.17) is 19.2 Å². The van der Waals surface area contributed by atoms with Crippen LogP contribution in [0.1, 0.15) is 5.76 Å². The average Bonchev–Trinajstić information content (AvgIpc) is 3.24. The van der Waals surface area contributed by atoms with E-state index in [2.05, 4.69) is 10.6 Å². The van der Waals surface area contributed by atoms with Crippen molar-refractivity contribution in [3.05, 3.63) is 54.1 Å². The molecule has 2 heterocycles. The third-order valence-corrected chi connectivity index (χ3v) is 3.12. The minimum atomic E-state index is -0.489. The molecule has 23 heavy (non-hydrogen) atoms. The molecule has 2 aromatic rings. The lowest BCUT2D eigenvalue weighted by Gasteiger charge is -2.05. The Labute approximate surface area is 132 Å². The third kappa shape index (κ3) is 3.44. The van der Waals surface area contributed by atoms with E-state index in [1.165, 1.54) is 12.5 Å². The summed E-state index contributed by atoms with van der Waals surface area (Å²) in [5.41, 5.74) is 0.634. The predicted octanol–water partition coefficient (Wildman–Crippen LogP) is 2.14. The molecule has 7 nitrogen and oxygen atoms in total. The van der Waals surface area contributed by atoms with Gasteiger partial charge in [0.15, 0.2) is 11.5 Å². The number of benzene rings is 1. The first-order chi connectivity index (χ1) is 11.3. The quantitative estimate of drug-likeness (QED) is 0.648. The number of carbonyl (C=O) groups excluding carboxylic acids is 1. The molecule has 0 spiro atoms. The topological polar surface area (TPSA) is 96.5 Å². The Kier molecular flexibility index (Phi) is 4.16. The van der Waals surface area contributed by atoms with Crippen molar-refractivity contribution in [2.45, 2.75) is 6.54 Å². The van der Waals surface area contributed by atoms with Gasteiger partial charge in [0.05, 0.1) is 12.8 Å². The zero-order chi connectivity index (χ0) is 16.1. The van der Waals surface area contributed by atoms with Crippen molar-refractivity contribution >= 4 is 11.6 Å². The van der Waals surface area contributed by atoms with Gasteiger partial charge < -0.3 is 24.5 Å². The monoisotopic (exact) mass is 311 g/mol. The van der Waals surface area contributed by atoms with E-state index < -0.39 is 5.91 Å². The van der Waals surface area contributed by atoms with Crippen molar-refractivity contribution in [1.29, 1.82) is 5.26 Å². The summed E-state index contributed by atoms with van der Waals surface area (Å²) in [6, 6.07) is 10.6. The average molecular weight is 311 g/mol. The number of carbonyl (C=O) groups is 1. The summed E-state index contributed by atoms with van der Waals surface area (Å²) in [5, 5.41) is 14.6. The molecule has 0 bridgehead atoms. The molecule has 0 unspecified atom stereocenters. The zero-order valence-electron chi connectivity index (χ0n) is 12.0. The number of nitriles is 1. The maximum absolute atomic E-state index is 11.9. The second-order valence-electron chi connectivity index (χ2n) is 4.64. The van der Waals surface area contributed by atoms with Crippen LogP contribution in [-0.2, 0) is 11.3 Å². The molecule has 1 aromatic heterocycles. The van der Waals surface area contributed by atoms with Crippen molar-refractivity contribution in [3.63, 3.8) is 0 Å². The zero-order valence-corrected chi connectivity index (χ0v) is 12.0. The van der Waals surface area contributed by atoms with Gasteiger partial charge >= 0.3 is 0 Å². The summed E-state index contributed by atoms with van der Waals surface area (Å²) in [5.74, 6) is 1.40. The van der Waals surface area contributed by atoms with Crippen LogP contribution in [0.25, 0.3) is 0 Å². The molecule has 0 aliphatic carbocycles. The van der Waals surface area contributed by atoms with Gasteiger partial charge in [0.1, 0.15) is 17.4 Å². The summed E-state index contributed by atoms with van der Waals surface area (Å²) in [6.45, 7) is 0.405.